The Morgan fingerprint density at radius 3 is 0.901 bits per heavy atom. The van der Waals surface area contributed by atoms with E-state index in [1.165, 1.54) is 154 Å². The third kappa shape index (κ3) is 57.6. The molecule has 6 nitrogen and oxygen atoms in total. The van der Waals surface area contributed by atoms with Crippen molar-refractivity contribution in [1.82, 2.24) is 0 Å². The average molecular weight is 992 g/mol. The van der Waals surface area contributed by atoms with Crippen LogP contribution in [0.3, 0.4) is 0 Å². The summed E-state index contributed by atoms with van der Waals surface area (Å²) >= 11 is 0. The molecule has 0 spiro atoms. The van der Waals surface area contributed by atoms with Crippen LogP contribution >= 0.6 is 0 Å². The van der Waals surface area contributed by atoms with Crippen LogP contribution in [0.4, 0.5) is 0 Å². The molecule has 71 heavy (non-hydrogen) atoms. The fourth-order valence-electron chi connectivity index (χ4n) is 8.64. The maximum absolute atomic E-state index is 12.9. The first-order valence-corrected chi connectivity index (χ1v) is 30.4. The Morgan fingerprint density at radius 1 is 0.296 bits per heavy atom. The number of hydrogen-bond acceptors (Lipinski definition) is 6. The summed E-state index contributed by atoms with van der Waals surface area (Å²) in [5, 5.41) is 0. The van der Waals surface area contributed by atoms with Gasteiger partial charge < -0.3 is 14.2 Å². The molecule has 0 heterocycles. The van der Waals surface area contributed by atoms with Crippen molar-refractivity contribution in [1.29, 1.82) is 0 Å². The van der Waals surface area contributed by atoms with E-state index in [0.717, 1.165) is 109 Å². The van der Waals surface area contributed by atoms with Gasteiger partial charge in [-0.2, -0.15) is 0 Å². The number of esters is 3. The van der Waals surface area contributed by atoms with E-state index in [0.29, 0.717) is 19.3 Å². The molecule has 0 bridgehead atoms. The zero-order chi connectivity index (χ0) is 51.4. The highest BCUT2D eigenvalue weighted by Gasteiger charge is 2.19. The highest BCUT2D eigenvalue weighted by Crippen LogP contribution is 2.17. The van der Waals surface area contributed by atoms with Crippen molar-refractivity contribution in [2.45, 2.75) is 309 Å². The first kappa shape index (κ1) is 67.8. The van der Waals surface area contributed by atoms with Crippen LogP contribution in [0, 0.1) is 0 Å². The van der Waals surface area contributed by atoms with Gasteiger partial charge >= 0.3 is 17.9 Å². The van der Waals surface area contributed by atoms with E-state index >= 15 is 0 Å². The van der Waals surface area contributed by atoms with Gasteiger partial charge in [-0.25, -0.2) is 0 Å². The van der Waals surface area contributed by atoms with Crippen LogP contribution in [0.5, 0.6) is 0 Å². The first-order valence-electron chi connectivity index (χ1n) is 30.4. The third-order valence-electron chi connectivity index (χ3n) is 13.2. The zero-order valence-electron chi connectivity index (χ0n) is 47.0. The summed E-state index contributed by atoms with van der Waals surface area (Å²) < 4.78 is 16.9. The fourth-order valence-corrected chi connectivity index (χ4v) is 8.64. The van der Waals surface area contributed by atoms with Crippen LogP contribution in [0.25, 0.3) is 0 Å². The molecule has 0 saturated carbocycles. The van der Waals surface area contributed by atoms with Crippen LogP contribution in [0.1, 0.15) is 303 Å². The number of hydrogen-bond donors (Lipinski definition) is 0. The Balaban J connectivity index is 4.36. The van der Waals surface area contributed by atoms with E-state index in [-0.39, 0.29) is 31.1 Å². The van der Waals surface area contributed by atoms with Crippen molar-refractivity contribution in [3.8, 4) is 0 Å². The number of allylic oxidation sites excluding steroid dienone is 12. The van der Waals surface area contributed by atoms with Crippen molar-refractivity contribution >= 4 is 17.9 Å². The van der Waals surface area contributed by atoms with Crippen LogP contribution < -0.4 is 0 Å². The predicted octanol–water partition coefficient (Wildman–Crippen LogP) is 20.5. The lowest BCUT2D eigenvalue weighted by atomic mass is 10.0. The SMILES string of the molecule is CC/C=C\C/C=C\C/C=C\C/C=C\C/C=C\CCCCCC(=O)OC[C@H](COC(=O)CCCCCCCCCCCCCCCCCCCCCCC)OC(=O)CCCCCCC/C=C\CCCCCC. The summed E-state index contributed by atoms with van der Waals surface area (Å²) in [6.45, 7) is 6.51. The summed E-state index contributed by atoms with van der Waals surface area (Å²) in [7, 11) is 0. The Morgan fingerprint density at radius 2 is 0.549 bits per heavy atom. The average Bonchev–Trinajstić information content (AvgIpc) is 3.37. The van der Waals surface area contributed by atoms with Gasteiger partial charge in [-0.05, 0) is 89.9 Å². The predicted molar refractivity (Wildman–Crippen MR) is 307 cm³/mol. The molecular weight excluding hydrogens is 877 g/mol. The van der Waals surface area contributed by atoms with Gasteiger partial charge in [-0.15, -0.1) is 0 Å². The number of carbonyl (C=O) groups excluding carboxylic acids is 3. The van der Waals surface area contributed by atoms with Crippen LogP contribution in [-0.2, 0) is 28.6 Å². The lowest BCUT2D eigenvalue weighted by Gasteiger charge is -2.18. The summed E-state index contributed by atoms with van der Waals surface area (Å²) in [5.41, 5.74) is 0. The fraction of sp³-hybridized carbons (Fsp3) is 0.769. The smallest absolute Gasteiger partial charge is 0.306 e. The van der Waals surface area contributed by atoms with Gasteiger partial charge in [-0.3, -0.25) is 14.4 Å². The summed E-state index contributed by atoms with van der Waals surface area (Å²) in [6.07, 6.45) is 76.2. The maximum Gasteiger partial charge on any atom is 0.306 e. The quantitative estimate of drug-likeness (QED) is 0.0261. The zero-order valence-corrected chi connectivity index (χ0v) is 47.0. The molecule has 0 unspecified atom stereocenters. The van der Waals surface area contributed by atoms with Gasteiger partial charge in [0, 0.05) is 19.3 Å². The van der Waals surface area contributed by atoms with Gasteiger partial charge in [0.2, 0.25) is 0 Å². The Hall–Kier alpha value is -3.15. The Labute approximate surface area is 440 Å². The Bertz CT molecular complexity index is 1320. The molecule has 0 N–H and O–H groups in total. The second-order valence-electron chi connectivity index (χ2n) is 20.2. The molecule has 1 atom stereocenters. The van der Waals surface area contributed by atoms with E-state index in [1.807, 2.05) is 0 Å². The number of rotatable bonds is 55. The summed E-state index contributed by atoms with van der Waals surface area (Å²) in [5.74, 6) is -0.917. The molecule has 0 aromatic heterocycles. The minimum atomic E-state index is -0.792. The highest BCUT2D eigenvalue weighted by atomic mass is 16.6. The molecule has 0 aliphatic heterocycles. The molecule has 0 aliphatic rings. The largest absolute Gasteiger partial charge is 0.462 e. The van der Waals surface area contributed by atoms with E-state index in [4.69, 9.17) is 14.2 Å². The maximum atomic E-state index is 12.9. The van der Waals surface area contributed by atoms with Gasteiger partial charge in [0.25, 0.3) is 0 Å². The summed E-state index contributed by atoms with van der Waals surface area (Å²) in [4.78, 5) is 38.2. The standard InChI is InChI=1S/C65H114O6/c1-4-7-10-13-16-19-22-25-27-29-31-32-34-36-38-41-43-46-49-52-55-58-64(67)70-61-62(71-65(68)59-56-53-50-47-44-39-24-21-18-15-12-9-6-3)60-69-63(66)57-54-51-48-45-42-40-37-35-33-30-28-26-23-20-17-14-11-8-5-2/h8,11,17,20-21,24,26,28,33,35,40,42,62H,4-7,9-10,12-16,18-19,22-23,25,27,29-32,34,36-39,41,43-61H2,1-3H3/b11-8-,20-17-,24-21-,28-26-,35-33-,42-40-/t62-/m1/s1. The van der Waals surface area contributed by atoms with Crippen molar-refractivity contribution in [2.75, 3.05) is 13.2 Å². The molecule has 0 aromatic carbocycles. The minimum absolute atomic E-state index is 0.0868. The van der Waals surface area contributed by atoms with E-state index in [1.54, 1.807) is 0 Å². The molecule has 0 radical (unpaired) electrons. The van der Waals surface area contributed by atoms with Gasteiger partial charge in [0.15, 0.2) is 6.10 Å². The first-order chi connectivity index (χ1) is 35.0. The number of carbonyl (C=O) groups is 3. The Kier molecular flexibility index (Phi) is 56.8. The normalized spacial score (nSPS) is 12.5. The second-order valence-corrected chi connectivity index (χ2v) is 20.2. The highest BCUT2D eigenvalue weighted by molar-refractivity contribution is 5.71. The molecule has 410 valence electrons. The van der Waals surface area contributed by atoms with Crippen molar-refractivity contribution in [3.05, 3.63) is 72.9 Å². The lowest BCUT2D eigenvalue weighted by Crippen LogP contribution is -2.30. The van der Waals surface area contributed by atoms with Gasteiger partial charge in [-0.1, -0.05) is 267 Å². The molecule has 0 amide bonds. The molecule has 0 aliphatic carbocycles. The lowest BCUT2D eigenvalue weighted by molar-refractivity contribution is -0.167. The van der Waals surface area contributed by atoms with Gasteiger partial charge in [0.1, 0.15) is 13.2 Å². The van der Waals surface area contributed by atoms with E-state index in [2.05, 4.69) is 93.7 Å². The molecule has 0 rings (SSSR count). The van der Waals surface area contributed by atoms with Crippen LogP contribution in [-0.4, -0.2) is 37.2 Å². The number of ether oxygens (including phenoxy) is 3. The van der Waals surface area contributed by atoms with Crippen LogP contribution in [0.15, 0.2) is 72.9 Å². The van der Waals surface area contributed by atoms with Gasteiger partial charge in [0.05, 0.1) is 0 Å². The van der Waals surface area contributed by atoms with Crippen molar-refractivity contribution < 1.29 is 28.6 Å². The molecule has 6 heteroatoms. The molecule has 0 aromatic rings. The van der Waals surface area contributed by atoms with Crippen molar-refractivity contribution in [2.24, 2.45) is 0 Å². The number of unbranched alkanes of at least 4 members (excludes halogenated alkanes) is 32. The van der Waals surface area contributed by atoms with E-state index in [9.17, 15) is 14.4 Å². The third-order valence-corrected chi connectivity index (χ3v) is 13.2. The van der Waals surface area contributed by atoms with Crippen LogP contribution in [0.2, 0.25) is 0 Å². The minimum Gasteiger partial charge on any atom is -0.462 e. The molecule has 0 saturated heterocycles. The second kappa shape index (κ2) is 59.4. The summed E-state index contributed by atoms with van der Waals surface area (Å²) in [6, 6.07) is 0. The van der Waals surface area contributed by atoms with Crippen molar-refractivity contribution in [3.63, 3.8) is 0 Å². The topological polar surface area (TPSA) is 78.9 Å². The van der Waals surface area contributed by atoms with E-state index < -0.39 is 6.10 Å². The molecular formula is C65H114O6. The monoisotopic (exact) mass is 991 g/mol. The molecule has 0 fully saturated rings.